The van der Waals surface area contributed by atoms with E-state index in [0.717, 1.165) is 0 Å². The Morgan fingerprint density at radius 3 is 2.83 bits per heavy atom. The van der Waals surface area contributed by atoms with Crippen LogP contribution in [-0.2, 0) is 32.7 Å². The summed E-state index contributed by atoms with van der Waals surface area (Å²) >= 11 is 0. The third-order valence-corrected chi connectivity index (χ3v) is 1.14. The minimum atomic E-state index is 0. The van der Waals surface area contributed by atoms with Gasteiger partial charge in [0.15, 0.2) is 0 Å². The molecule has 12 heavy (non-hydrogen) atoms. The van der Waals surface area contributed by atoms with Gasteiger partial charge < -0.3 is 17.8 Å². The normalized spacial score (nSPS) is 10.2. The zero-order valence-electron chi connectivity index (χ0n) is 6.31. The van der Waals surface area contributed by atoms with Crippen LogP contribution in [0.3, 0.4) is 0 Å². The van der Waals surface area contributed by atoms with Crippen LogP contribution in [0.5, 0.6) is 0 Å². The summed E-state index contributed by atoms with van der Waals surface area (Å²) in [6, 6.07) is 3.37. The third-order valence-electron chi connectivity index (χ3n) is 1.14. The van der Waals surface area contributed by atoms with Crippen molar-refractivity contribution in [1.29, 1.82) is 0 Å². The molecule has 0 spiro atoms. The van der Waals surface area contributed by atoms with Crippen molar-refractivity contribution >= 4 is 5.57 Å². The van der Waals surface area contributed by atoms with Gasteiger partial charge in [0.05, 0.1) is 0 Å². The molecule has 0 aromatic carbocycles. The van der Waals surface area contributed by atoms with Gasteiger partial charge in [-0.25, -0.2) is 5.10 Å². The molecule has 0 fully saturated rings. The van der Waals surface area contributed by atoms with Gasteiger partial charge in [-0.2, -0.15) is 5.10 Å². The van der Waals surface area contributed by atoms with Crippen LogP contribution < -0.4 is 0 Å². The average molecular weight is 235 g/mol. The van der Waals surface area contributed by atoms with Crippen LogP contribution in [-0.4, -0.2) is 15.3 Å². The monoisotopic (exact) mass is 235 g/mol. The largest absolute Gasteiger partial charge is 0.594 e. The van der Waals surface area contributed by atoms with Crippen LogP contribution in [0, 0.1) is 12.8 Å². The van der Waals surface area contributed by atoms with E-state index in [9.17, 15) is 0 Å². The van der Waals surface area contributed by atoms with E-state index in [1.165, 1.54) is 12.3 Å². The Kier molecular flexibility index (Phi) is 5.76. The predicted molar refractivity (Wildman–Crippen MR) is 40.2 cm³/mol. The van der Waals surface area contributed by atoms with Crippen LogP contribution >= 0.6 is 0 Å². The summed E-state index contributed by atoms with van der Waals surface area (Å²) in [6.45, 7) is 5.16. The molecule has 1 heterocycles. The Labute approximate surface area is 96.1 Å². The molecule has 1 aromatic rings. The first-order valence-corrected chi connectivity index (χ1v) is 2.98. The molecule has 0 unspecified atom stereocenters. The Morgan fingerprint density at radius 1 is 1.67 bits per heavy atom. The van der Waals surface area contributed by atoms with Crippen LogP contribution in [0.25, 0.3) is 5.57 Å². The van der Waals surface area contributed by atoms with E-state index in [-0.39, 0.29) is 32.7 Å². The minimum Gasteiger partial charge on any atom is -0.594 e. The molecule has 3 nitrogen and oxygen atoms in total. The minimum absolute atomic E-state index is 0. The number of aliphatic hydroxyl groups excluding tert-OH is 1. The van der Waals surface area contributed by atoms with Gasteiger partial charge in [0, 0.05) is 38.9 Å². The standard InChI is InChI=1S/C8H6N2O.Y/c1-2-7(6-11)8-4-3-5-9-10-8;/h1-5,11H;/q-2;. The summed E-state index contributed by atoms with van der Waals surface area (Å²) < 4.78 is 0. The summed E-state index contributed by atoms with van der Waals surface area (Å²) in [5, 5.41) is 15.8. The molecule has 0 saturated heterocycles. The molecule has 0 bridgehead atoms. The maximum Gasteiger partial charge on any atom is 0.0472 e. The van der Waals surface area contributed by atoms with Gasteiger partial charge in [-0.05, 0) is 0 Å². The second-order valence-corrected chi connectivity index (χ2v) is 1.80. The van der Waals surface area contributed by atoms with Gasteiger partial charge in [-0.1, -0.05) is 11.8 Å². The molecule has 0 saturated carbocycles. The zero-order valence-corrected chi connectivity index (χ0v) is 9.14. The van der Waals surface area contributed by atoms with E-state index >= 15 is 0 Å². The average Bonchev–Trinajstić information content (AvgIpc) is 2.09. The smallest absolute Gasteiger partial charge is 0.0472 e. The molecular formula is C8H6N2OY-2. The van der Waals surface area contributed by atoms with Crippen molar-refractivity contribution < 1.29 is 37.8 Å². The molecule has 0 aliphatic heterocycles. The van der Waals surface area contributed by atoms with E-state index in [1.54, 1.807) is 12.1 Å². The molecule has 59 valence electrons. The Bertz CT molecular complexity index is 272. The number of allylic oxidation sites excluding steroid dienone is 2. The first-order chi connectivity index (χ1) is 5.38. The van der Waals surface area contributed by atoms with Crippen molar-refractivity contribution in [3.8, 4) is 0 Å². The Morgan fingerprint density at radius 2 is 2.42 bits per heavy atom. The Hall–Kier alpha value is -0.536. The molecule has 1 radical (unpaired) electrons. The molecule has 1 N–H and O–H groups in total. The fourth-order valence-electron chi connectivity index (χ4n) is 0.625. The second-order valence-electron chi connectivity index (χ2n) is 1.80. The van der Waals surface area contributed by atoms with E-state index in [2.05, 4.69) is 10.2 Å². The van der Waals surface area contributed by atoms with E-state index < -0.39 is 0 Å². The maximum absolute atomic E-state index is 8.51. The fourth-order valence-corrected chi connectivity index (χ4v) is 0.625. The number of rotatable bonds is 2. The molecule has 0 aliphatic carbocycles. The maximum atomic E-state index is 8.51. The first kappa shape index (κ1) is 11.5. The topological polar surface area (TPSA) is 46.0 Å². The van der Waals surface area contributed by atoms with Crippen LogP contribution in [0.4, 0.5) is 0 Å². The SMILES string of the molecule is [CH-]=CC(=[C-]O)c1cccnn1.[Y]. The first-order valence-electron chi connectivity index (χ1n) is 2.98. The van der Waals surface area contributed by atoms with Gasteiger partial charge >= 0.3 is 0 Å². The van der Waals surface area contributed by atoms with E-state index in [0.29, 0.717) is 11.3 Å². The molecule has 1 rings (SSSR count). The Balaban J connectivity index is 0.00000121. The van der Waals surface area contributed by atoms with E-state index in [1.807, 2.05) is 6.26 Å². The van der Waals surface area contributed by atoms with E-state index in [4.69, 9.17) is 11.7 Å². The summed E-state index contributed by atoms with van der Waals surface area (Å²) in [7, 11) is 0. The summed E-state index contributed by atoms with van der Waals surface area (Å²) in [6.07, 6.45) is 4.65. The van der Waals surface area contributed by atoms with Crippen LogP contribution in [0.2, 0.25) is 0 Å². The van der Waals surface area contributed by atoms with Crippen LogP contribution in [0.15, 0.2) is 24.4 Å². The quantitative estimate of drug-likeness (QED) is 0.475. The van der Waals surface area contributed by atoms with Gasteiger partial charge in [-0.15, -0.1) is 12.3 Å². The van der Waals surface area contributed by atoms with Gasteiger partial charge in [-0.3, -0.25) is 5.57 Å². The zero-order chi connectivity index (χ0) is 8.10. The number of aliphatic hydroxyl groups is 1. The van der Waals surface area contributed by atoms with Crippen molar-refractivity contribution in [2.24, 2.45) is 0 Å². The third kappa shape index (κ3) is 2.84. The molecule has 0 aliphatic rings. The number of nitrogens with zero attached hydrogens (tertiary/aromatic N) is 2. The molecular weight excluding hydrogens is 229 g/mol. The number of hydrogen-bond donors (Lipinski definition) is 1. The summed E-state index contributed by atoms with van der Waals surface area (Å²) in [5.41, 5.74) is 0.829. The van der Waals surface area contributed by atoms with Crippen molar-refractivity contribution in [3.63, 3.8) is 0 Å². The summed E-state index contributed by atoms with van der Waals surface area (Å²) in [5.74, 6) is 0. The molecule has 0 amide bonds. The molecule has 4 heteroatoms. The molecule has 0 atom stereocenters. The number of hydrogen-bond acceptors (Lipinski definition) is 3. The van der Waals surface area contributed by atoms with Crippen molar-refractivity contribution in [2.45, 2.75) is 0 Å². The molecule has 1 aromatic heterocycles. The fraction of sp³-hybridized carbons (Fsp3) is 0. The van der Waals surface area contributed by atoms with Gasteiger partial charge in [0.2, 0.25) is 0 Å². The van der Waals surface area contributed by atoms with Gasteiger partial charge in [0.25, 0.3) is 0 Å². The second kappa shape index (κ2) is 6.03. The predicted octanol–water partition coefficient (Wildman–Crippen LogP) is 1.17. The number of aromatic nitrogens is 2. The van der Waals surface area contributed by atoms with Crippen molar-refractivity contribution in [2.75, 3.05) is 0 Å². The van der Waals surface area contributed by atoms with Gasteiger partial charge in [0.1, 0.15) is 0 Å². The van der Waals surface area contributed by atoms with Crippen molar-refractivity contribution in [1.82, 2.24) is 10.2 Å². The summed E-state index contributed by atoms with van der Waals surface area (Å²) in [4.78, 5) is 0. The van der Waals surface area contributed by atoms with Crippen molar-refractivity contribution in [3.05, 3.63) is 42.9 Å². The van der Waals surface area contributed by atoms with Crippen LogP contribution in [0.1, 0.15) is 5.69 Å².